The van der Waals surface area contributed by atoms with Crippen molar-refractivity contribution in [3.05, 3.63) is 41.1 Å². The molecule has 0 radical (unpaired) electrons. The molecule has 0 unspecified atom stereocenters. The van der Waals surface area contributed by atoms with Gasteiger partial charge in [0.25, 0.3) is 0 Å². The summed E-state index contributed by atoms with van der Waals surface area (Å²) in [6, 6.07) is 7.48. The van der Waals surface area contributed by atoms with Crippen molar-refractivity contribution in [2.75, 3.05) is 37.7 Å². The number of nitrogens with zero attached hydrogens (tertiary/aromatic N) is 3. The predicted octanol–water partition coefficient (Wildman–Crippen LogP) is 3.71. The van der Waals surface area contributed by atoms with Gasteiger partial charge in [-0.25, -0.2) is 0 Å². The second-order valence-corrected chi connectivity index (χ2v) is 8.97. The molecule has 2 fully saturated rings. The molecule has 2 aliphatic rings. The highest BCUT2D eigenvalue weighted by molar-refractivity contribution is 7.99. The van der Waals surface area contributed by atoms with E-state index in [-0.39, 0.29) is 0 Å². The molecular formula is C21H30N4S. The molecule has 0 amide bonds. The summed E-state index contributed by atoms with van der Waals surface area (Å²) in [6.07, 6.45) is 4.77. The SMILES string of the molecule is Cc1ccc(C)c(-c2[nH]ncc2CN2CCN(C3CCSCC3)CC2)c1. The van der Waals surface area contributed by atoms with Crippen molar-refractivity contribution in [3.63, 3.8) is 0 Å². The van der Waals surface area contributed by atoms with Crippen LogP contribution in [0.3, 0.4) is 0 Å². The number of hydrogen-bond donors (Lipinski definition) is 1. The minimum Gasteiger partial charge on any atom is -0.298 e. The molecule has 0 atom stereocenters. The van der Waals surface area contributed by atoms with Gasteiger partial charge in [0.2, 0.25) is 0 Å². The van der Waals surface area contributed by atoms with E-state index in [1.54, 1.807) is 0 Å². The molecule has 140 valence electrons. The van der Waals surface area contributed by atoms with Crippen molar-refractivity contribution in [2.45, 2.75) is 39.3 Å². The lowest BCUT2D eigenvalue weighted by Crippen LogP contribution is -2.50. The number of H-pyrrole nitrogens is 1. The van der Waals surface area contributed by atoms with E-state index in [9.17, 15) is 0 Å². The number of aromatic nitrogens is 2. The normalized spacial score (nSPS) is 20.5. The Balaban J connectivity index is 1.40. The summed E-state index contributed by atoms with van der Waals surface area (Å²) in [4.78, 5) is 5.32. The van der Waals surface area contributed by atoms with E-state index in [1.165, 1.54) is 78.5 Å². The summed E-state index contributed by atoms with van der Waals surface area (Å²) in [7, 11) is 0. The Morgan fingerprint density at radius 1 is 1.12 bits per heavy atom. The molecule has 26 heavy (non-hydrogen) atoms. The second-order valence-electron chi connectivity index (χ2n) is 7.74. The quantitative estimate of drug-likeness (QED) is 0.890. The number of benzene rings is 1. The van der Waals surface area contributed by atoms with Crippen LogP contribution in [-0.2, 0) is 6.54 Å². The van der Waals surface area contributed by atoms with Crippen molar-refractivity contribution in [1.82, 2.24) is 20.0 Å². The Morgan fingerprint density at radius 3 is 2.65 bits per heavy atom. The molecular weight excluding hydrogens is 340 g/mol. The van der Waals surface area contributed by atoms with Crippen LogP contribution in [0.25, 0.3) is 11.3 Å². The molecule has 0 saturated carbocycles. The monoisotopic (exact) mass is 370 g/mol. The second kappa shape index (κ2) is 8.15. The number of aryl methyl sites for hydroxylation is 2. The maximum Gasteiger partial charge on any atom is 0.0698 e. The van der Waals surface area contributed by atoms with Gasteiger partial charge in [0.15, 0.2) is 0 Å². The smallest absolute Gasteiger partial charge is 0.0698 e. The van der Waals surface area contributed by atoms with Gasteiger partial charge in [-0.3, -0.25) is 14.9 Å². The first-order valence-electron chi connectivity index (χ1n) is 9.85. The van der Waals surface area contributed by atoms with Crippen molar-refractivity contribution in [2.24, 2.45) is 0 Å². The van der Waals surface area contributed by atoms with Crippen LogP contribution in [-0.4, -0.2) is 63.7 Å². The van der Waals surface area contributed by atoms with E-state index in [4.69, 9.17) is 0 Å². The van der Waals surface area contributed by atoms with Crippen LogP contribution in [0.5, 0.6) is 0 Å². The summed E-state index contributed by atoms with van der Waals surface area (Å²) >= 11 is 2.12. The third kappa shape index (κ3) is 4.00. The van der Waals surface area contributed by atoms with E-state index < -0.39 is 0 Å². The van der Waals surface area contributed by atoms with Gasteiger partial charge < -0.3 is 0 Å². The molecule has 4 nitrogen and oxygen atoms in total. The van der Waals surface area contributed by atoms with Gasteiger partial charge in [-0.15, -0.1) is 0 Å². The minimum absolute atomic E-state index is 0.831. The van der Waals surface area contributed by atoms with Gasteiger partial charge in [0.1, 0.15) is 0 Å². The van der Waals surface area contributed by atoms with Crippen molar-refractivity contribution < 1.29 is 0 Å². The van der Waals surface area contributed by atoms with Crippen LogP contribution in [0.4, 0.5) is 0 Å². The molecule has 4 rings (SSSR count). The number of nitrogens with one attached hydrogen (secondary N) is 1. The van der Waals surface area contributed by atoms with E-state index in [1.807, 2.05) is 6.20 Å². The average molecular weight is 371 g/mol. The summed E-state index contributed by atoms with van der Waals surface area (Å²) in [5.41, 5.74) is 6.40. The van der Waals surface area contributed by atoms with Gasteiger partial charge in [0.05, 0.1) is 11.9 Å². The minimum atomic E-state index is 0.831. The Morgan fingerprint density at radius 2 is 1.88 bits per heavy atom. The third-order valence-electron chi connectivity index (χ3n) is 5.89. The molecule has 0 spiro atoms. The first-order valence-corrected chi connectivity index (χ1v) is 11.0. The van der Waals surface area contributed by atoms with Crippen LogP contribution in [0.15, 0.2) is 24.4 Å². The Labute approximate surface area is 161 Å². The highest BCUT2D eigenvalue weighted by atomic mass is 32.2. The Hall–Kier alpha value is -1.30. The third-order valence-corrected chi connectivity index (χ3v) is 6.94. The molecule has 0 bridgehead atoms. The van der Waals surface area contributed by atoms with Gasteiger partial charge in [-0.2, -0.15) is 16.9 Å². The first kappa shape index (κ1) is 18.1. The molecule has 1 aromatic carbocycles. The standard InChI is InChI=1S/C21H30N4S/c1-16-3-4-17(2)20(13-16)21-18(14-22-23-21)15-24-7-9-25(10-8-24)19-5-11-26-12-6-19/h3-4,13-14,19H,5-12,15H2,1-2H3,(H,22,23). The Bertz CT molecular complexity index is 727. The summed E-state index contributed by atoms with van der Waals surface area (Å²) in [6.45, 7) is 10.1. The number of thioether (sulfide) groups is 1. The molecule has 2 saturated heterocycles. The lowest BCUT2D eigenvalue weighted by atomic mass is 10.00. The molecule has 1 aromatic heterocycles. The van der Waals surface area contributed by atoms with Crippen LogP contribution in [0.2, 0.25) is 0 Å². The fraction of sp³-hybridized carbons (Fsp3) is 0.571. The Kier molecular flexibility index (Phi) is 5.67. The lowest BCUT2D eigenvalue weighted by Gasteiger charge is -2.40. The fourth-order valence-corrected chi connectivity index (χ4v) is 5.33. The number of aromatic amines is 1. The van der Waals surface area contributed by atoms with Crippen LogP contribution < -0.4 is 0 Å². The molecule has 3 heterocycles. The zero-order chi connectivity index (χ0) is 17.9. The van der Waals surface area contributed by atoms with Crippen LogP contribution in [0, 0.1) is 13.8 Å². The van der Waals surface area contributed by atoms with E-state index >= 15 is 0 Å². The molecule has 1 N–H and O–H groups in total. The number of hydrogen-bond acceptors (Lipinski definition) is 4. The van der Waals surface area contributed by atoms with E-state index in [0.29, 0.717) is 0 Å². The van der Waals surface area contributed by atoms with Gasteiger partial charge >= 0.3 is 0 Å². The lowest BCUT2D eigenvalue weighted by molar-refractivity contribution is 0.0881. The number of rotatable bonds is 4. The fourth-order valence-electron chi connectivity index (χ4n) is 4.25. The molecule has 2 aliphatic heterocycles. The molecule has 2 aromatic rings. The highest BCUT2D eigenvalue weighted by Crippen LogP contribution is 2.27. The van der Waals surface area contributed by atoms with Gasteiger partial charge in [-0.1, -0.05) is 17.7 Å². The zero-order valence-corrected chi connectivity index (χ0v) is 16.8. The van der Waals surface area contributed by atoms with E-state index in [0.717, 1.165) is 12.6 Å². The van der Waals surface area contributed by atoms with Crippen LogP contribution in [0.1, 0.15) is 29.5 Å². The highest BCUT2D eigenvalue weighted by Gasteiger charge is 2.25. The molecule has 5 heteroatoms. The van der Waals surface area contributed by atoms with Crippen molar-refractivity contribution in [3.8, 4) is 11.3 Å². The molecule has 0 aliphatic carbocycles. The number of piperazine rings is 1. The van der Waals surface area contributed by atoms with Crippen molar-refractivity contribution in [1.29, 1.82) is 0 Å². The van der Waals surface area contributed by atoms with Gasteiger partial charge in [-0.05, 0) is 49.8 Å². The van der Waals surface area contributed by atoms with Crippen molar-refractivity contribution >= 4 is 11.8 Å². The average Bonchev–Trinajstić information content (AvgIpc) is 3.13. The predicted molar refractivity (Wildman–Crippen MR) is 111 cm³/mol. The largest absolute Gasteiger partial charge is 0.298 e. The summed E-state index contributed by atoms with van der Waals surface area (Å²) in [5.74, 6) is 2.69. The van der Waals surface area contributed by atoms with Crippen LogP contribution >= 0.6 is 11.8 Å². The topological polar surface area (TPSA) is 35.2 Å². The van der Waals surface area contributed by atoms with E-state index in [2.05, 4.69) is 63.8 Å². The maximum atomic E-state index is 4.36. The summed E-state index contributed by atoms with van der Waals surface area (Å²) < 4.78 is 0. The van der Waals surface area contributed by atoms with Gasteiger partial charge in [0, 0.05) is 49.9 Å². The first-order chi connectivity index (χ1) is 12.7. The maximum absolute atomic E-state index is 4.36. The zero-order valence-electron chi connectivity index (χ0n) is 16.0. The summed E-state index contributed by atoms with van der Waals surface area (Å²) in [5, 5.41) is 7.61.